The number of nitrogens with zero attached hydrogens (tertiary/aromatic N) is 1. The van der Waals surface area contributed by atoms with E-state index in [1.54, 1.807) is 0 Å². The van der Waals surface area contributed by atoms with E-state index >= 15 is 0 Å². The van der Waals surface area contributed by atoms with Gasteiger partial charge in [0.1, 0.15) is 30.9 Å². The summed E-state index contributed by atoms with van der Waals surface area (Å²) >= 11 is 0. The van der Waals surface area contributed by atoms with Crippen molar-refractivity contribution in [3.05, 3.63) is 36.8 Å². The molecule has 0 atom stereocenters. The first-order chi connectivity index (χ1) is 35.9. The van der Waals surface area contributed by atoms with E-state index in [0.29, 0.717) is 11.0 Å². The molecule has 4 nitrogen and oxygen atoms in total. The van der Waals surface area contributed by atoms with Crippen molar-refractivity contribution in [2.45, 2.75) is 387 Å². The molecular formula is C68H134NO3S+. The van der Waals surface area contributed by atoms with Crippen LogP contribution in [0.3, 0.4) is 0 Å². The van der Waals surface area contributed by atoms with Crippen molar-refractivity contribution >= 4 is 10.1 Å². The van der Waals surface area contributed by atoms with E-state index in [1.165, 1.54) is 347 Å². The molecule has 0 radical (unpaired) electrons. The molecule has 0 bridgehead atoms. The molecule has 0 aromatic heterocycles. The van der Waals surface area contributed by atoms with Crippen LogP contribution < -0.4 is 0 Å². The molecule has 0 saturated heterocycles. The average Bonchev–Trinajstić information content (AvgIpc) is 3.38. The average molecular weight is 1050 g/mol. The second-order valence-corrected chi connectivity index (χ2v) is 25.1. The van der Waals surface area contributed by atoms with Crippen LogP contribution in [0.4, 0.5) is 0 Å². The van der Waals surface area contributed by atoms with Crippen molar-refractivity contribution in [3.8, 4) is 0 Å². The van der Waals surface area contributed by atoms with Crippen LogP contribution in [0.5, 0.6) is 0 Å². The number of quaternary nitrogens is 1. The lowest BCUT2D eigenvalue weighted by Crippen LogP contribution is -2.35. The molecule has 0 saturated carbocycles. The Labute approximate surface area is 461 Å². The molecule has 0 aromatic rings. The van der Waals surface area contributed by atoms with E-state index in [9.17, 15) is 13.0 Å². The number of unbranched alkanes of at least 4 members (excludes halogenated alkanes) is 54. The van der Waals surface area contributed by atoms with Gasteiger partial charge in [0.15, 0.2) is 0 Å². The standard InChI is InChI=1S/C68H133NO3S/c1-4-7-10-13-16-19-22-25-28-31-34-37-40-43-46-49-52-55-58-61-64-69(67-68-73(70,71)72,65-62-59-56-53-50-47-44-41-38-35-32-29-26-23-20-17-14-11-8-5-2)66-63-60-57-54-51-48-45-42-39-36-33-30-27-24-21-18-15-12-9-6-3/h61-66H,4-60,67-68H2,1-3H3/p+1/b64-61+,65-62+,66-63+. The Morgan fingerprint density at radius 1 is 0.260 bits per heavy atom. The molecule has 0 aliphatic heterocycles. The van der Waals surface area contributed by atoms with Gasteiger partial charge in [0.05, 0.1) is 0 Å². The van der Waals surface area contributed by atoms with Crippen molar-refractivity contribution < 1.29 is 17.5 Å². The fraction of sp³-hybridized carbons (Fsp3) is 0.912. The van der Waals surface area contributed by atoms with Gasteiger partial charge in [0.25, 0.3) is 10.1 Å². The van der Waals surface area contributed by atoms with Crippen LogP contribution in [0.2, 0.25) is 0 Å². The van der Waals surface area contributed by atoms with Gasteiger partial charge in [0, 0.05) is 0 Å². The maximum atomic E-state index is 12.1. The SMILES string of the molecule is CCCCCCCCCCCCCCCCCCCC/C=C/[N+](/C=C/CCCCCCCCCCCCCCCCCCCC)(/C=C/CCCCCCCCCCCCCCCCCCCC)CCS(=O)(=O)O. The van der Waals surface area contributed by atoms with Crippen LogP contribution in [0, 0.1) is 0 Å². The Hall–Kier alpha value is -0.910. The summed E-state index contributed by atoms with van der Waals surface area (Å²) in [6, 6.07) is 0. The van der Waals surface area contributed by atoms with Gasteiger partial charge in [-0.2, -0.15) is 8.42 Å². The van der Waals surface area contributed by atoms with Crippen molar-refractivity contribution in [2.24, 2.45) is 0 Å². The Kier molecular flexibility index (Phi) is 59.6. The lowest BCUT2D eigenvalue weighted by Gasteiger charge is -2.26. The maximum absolute atomic E-state index is 12.1. The van der Waals surface area contributed by atoms with Crippen molar-refractivity contribution in [1.29, 1.82) is 0 Å². The summed E-state index contributed by atoms with van der Waals surface area (Å²) in [7, 11) is -4.07. The number of hydrogen-bond acceptors (Lipinski definition) is 2. The topological polar surface area (TPSA) is 54.4 Å². The highest BCUT2D eigenvalue weighted by molar-refractivity contribution is 7.85. The minimum Gasteiger partial charge on any atom is -0.285 e. The second kappa shape index (κ2) is 60.3. The van der Waals surface area contributed by atoms with E-state index < -0.39 is 10.1 Å². The van der Waals surface area contributed by atoms with Crippen molar-refractivity contribution in [2.75, 3.05) is 12.3 Å². The highest BCUT2D eigenvalue weighted by atomic mass is 32.2. The molecule has 0 rings (SSSR count). The van der Waals surface area contributed by atoms with Crippen LogP contribution in [0.15, 0.2) is 36.8 Å². The lowest BCUT2D eigenvalue weighted by atomic mass is 10.0. The third-order valence-electron chi connectivity index (χ3n) is 16.1. The van der Waals surface area contributed by atoms with E-state index in [4.69, 9.17) is 0 Å². The van der Waals surface area contributed by atoms with Crippen LogP contribution in [0.25, 0.3) is 0 Å². The molecule has 0 spiro atoms. The zero-order chi connectivity index (χ0) is 53.0. The van der Waals surface area contributed by atoms with Gasteiger partial charge in [-0.05, 0) is 56.8 Å². The summed E-state index contributed by atoms with van der Waals surface area (Å²) in [6.45, 7) is 7.23. The van der Waals surface area contributed by atoms with E-state index in [0.717, 1.165) is 19.3 Å². The first-order valence-electron chi connectivity index (χ1n) is 33.7. The minimum atomic E-state index is -4.07. The highest BCUT2D eigenvalue weighted by Crippen LogP contribution is 2.21. The van der Waals surface area contributed by atoms with Crippen LogP contribution >= 0.6 is 0 Å². The molecule has 5 heteroatoms. The molecule has 0 aliphatic carbocycles. The zero-order valence-corrected chi connectivity index (χ0v) is 51.1. The Morgan fingerprint density at radius 2 is 0.411 bits per heavy atom. The highest BCUT2D eigenvalue weighted by Gasteiger charge is 2.22. The Morgan fingerprint density at radius 3 is 0.562 bits per heavy atom. The molecule has 0 heterocycles. The van der Waals surface area contributed by atoms with Gasteiger partial charge in [0.2, 0.25) is 0 Å². The quantitative estimate of drug-likeness (QED) is 0.0375. The number of allylic oxidation sites excluding steroid dienone is 3. The minimum absolute atomic E-state index is 0.233. The summed E-state index contributed by atoms with van der Waals surface area (Å²) in [5.74, 6) is -0.233. The largest absolute Gasteiger partial charge is 0.285 e. The van der Waals surface area contributed by atoms with Gasteiger partial charge in [-0.25, -0.2) is 4.48 Å². The molecular weight excluding hydrogens is 911 g/mol. The molecule has 1 N–H and O–H groups in total. The van der Waals surface area contributed by atoms with Gasteiger partial charge in [-0.15, -0.1) is 0 Å². The maximum Gasteiger partial charge on any atom is 0.270 e. The number of rotatable bonds is 63. The molecule has 434 valence electrons. The molecule has 0 unspecified atom stereocenters. The van der Waals surface area contributed by atoms with E-state index in [2.05, 4.69) is 57.6 Å². The van der Waals surface area contributed by atoms with Gasteiger partial charge < -0.3 is 0 Å². The van der Waals surface area contributed by atoms with Gasteiger partial charge in [-0.1, -0.05) is 348 Å². The summed E-state index contributed by atoms with van der Waals surface area (Å²) < 4.78 is 34.5. The van der Waals surface area contributed by atoms with Gasteiger partial charge >= 0.3 is 0 Å². The number of hydrogen-bond donors (Lipinski definition) is 1. The first kappa shape index (κ1) is 72.1. The fourth-order valence-electron chi connectivity index (χ4n) is 11.0. The molecule has 0 fully saturated rings. The molecule has 73 heavy (non-hydrogen) atoms. The summed E-state index contributed by atoms with van der Waals surface area (Å²) in [5.41, 5.74) is 0. The van der Waals surface area contributed by atoms with Crippen molar-refractivity contribution in [1.82, 2.24) is 0 Å². The smallest absolute Gasteiger partial charge is 0.270 e. The monoisotopic (exact) mass is 1050 g/mol. The molecule has 0 amide bonds. The summed E-state index contributed by atoms with van der Waals surface area (Å²) in [6.07, 6.45) is 91.5. The van der Waals surface area contributed by atoms with E-state index in [-0.39, 0.29) is 5.75 Å². The predicted molar refractivity (Wildman–Crippen MR) is 329 cm³/mol. The third-order valence-corrected chi connectivity index (χ3v) is 16.8. The van der Waals surface area contributed by atoms with Crippen molar-refractivity contribution in [3.63, 3.8) is 0 Å². The van der Waals surface area contributed by atoms with Gasteiger partial charge in [-0.3, -0.25) is 4.55 Å². The fourth-order valence-corrected chi connectivity index (χ4v) is 11.5. The zero-order valence-electron chi connectivity index (χ0n) is 50.3. The van der Waals surface area contributed by atoms with Crippen LogP contribution in [-0.4, -0.2) is 29.8 Å². The predicted octanol–water partition coefficient (Wildman–Crippen LogP) is 24.5. The second-order valence-electron chi connectivity index (χ2n) is 23.6. The van der Waals surface area contributed by atoms with Crippen LogP contribution in [-0.2, 0) is 10.1 Å². The summed E-state index contributed by atoms with van der Waals surface area (Å²) in [4.78, 5) is 0. The summed E-state index contributed by atoms with van der Waals surface area (Å²) in [5, 5.41) is 0. The lowest BCUT2D eigenvalue weighted by molar-refractivity contribution is -0.770. The third kappa shape index (κ3) is 60.2. The molecule has 0 aliphatic rings. The first-order valence-corrected chi connectivity index (χ1v) is 35.4. The van der Waals surface area contributed by atoms with Crippen LogP contribution in [0.1, 0.15) is 387 Å². The van der Waals surface area contributed by atoms with E-state index in [1.807, 2.05) is 0 Å². The normalized spacial score (nSPS) is 12.5. The Balaban J connectivity index is 4.74. The molecule has 0 aromatic carbocycles. The Bertz CT molecular complexity index is 1120.